The number of furan rings is 1. The maximum atomic E-state index is 12.4. The highest BCUT2D eigenvalue weighted by Gasteiger charge is 2.21. The zero-order valence-corrected chi connectivity index (χ0v) is 13.3. The highest BCUT2D eigenvalue weighted by atomic mass is 16.4. The molecule has 0 unspecified atom stereocenters. The molecule has 0 radical (unpaired) electrons. The van der Waals surface area contributed by atoms with Crippen molar-refractivity contribution >= 4 is 17.5 Å². The molecule has 0 fully saturated rings. The van der Waals surface area contributed by atoms with E-state index in [0.29, 0.717) is 11.3 Å². The molecule has 3 rings (SSSR count). The third-order valence-corrected chi connectivity index (χ3v) is 4.29. The summed E-state index contributed by atoms with van der Waals surface area (Å²) in [5.74, 6) is 0.727. The summed E-state index contributed by atoms with van der Waals surface area (Å²) in [6, 6.07) is 10.2. The lowest BCUT2D eigenvalue weighted by molar-refractivity contribution is -0.115. The molecule has 0 saturated carbocycles. The Kier molecular flexibility index (Phi) is 4.07. The van der Waals surface area contributed by atoms with Crippen LogP contribution < -0.4 is 10.2 Å². The van der Waals surface area contributed by atoms with Crippen molar-refractivity contribution in [3.63, 3.8) is 0 Å². The standard InChI is InChI=1S/C18H19N3O2/c1-12-13(2)23-18(15(12)10-19)20-17(22)11-21-9-5-7-14-6-3-4-8-16(14)21/h3-4,6,8H,5,7,9,11H2,1-2H3,(H,20,22). The summed E-state index contributed by atoms with van der Waals surface area (Å²) in [7, 11) is 0. The highest BCUT2D eigenvalue weighted by Crippen LogP contribution is 2.27. The van der Waals surface area contributed by atoms with Gasteiger partial charge in [0.15, 0.2) is 0 Å². The Morgan fingerprint density at radius 2 is 2.17 bits per heavy atom. The summed E-state index contributed by atoms with van der Waals surface area (Å²) in [6.07, 6.45) is 2.08. The van der Waals surface area contributed by atoms with Crippen molar-refractivity contribution in [3.05, 3.63) is 46.7 Å². The van der Waals surface area contributed by atoms with Gasteiger partial charge in [-0.05, 0) is 38.3 Å². The van der Waals surface area contributed by atoms with E-state index in [1.807, 2.05) is 25.1 Å². The first-order valence-electron chi connectivity index (χ1n) is 7.73. The van der Waals surface area contributed by atoms with Crippen molar-refractivity contribution in [1.29, 1.82) is 5.26 Å². The summed E-state index contributed by atoms with van der Waals surface area (Å²) in [5, 5.41) is 11.9. The summed E-state index contributed by atoms with van der Waals surface area (Å²) in [6.45, 7) is 4.70. The summed E-state index contributed by atoms with van der Waals surface area (Å²) in [4.78, 5) is 14.4. The van der Waals surface area contributed by atoms with Crippen molar-refractivity contribution in [1.82, 2.24) is 0 Å². The van der Waals surface area contributed by atoms with E-state index in [9.17, 15) is 10.1 Å². The second kappa shape index (κ2) is 6.17. The fourth-order valence-corrected chi connectivity index (χ4v) is 2.96. The first-order valence-corrected chi connectivity index (χ1v) is 7.73. The van der Waals surface area contributed by atoms with Gasteiger partial charge in [0.25, 0.3) is 0 Å². The van der Waals surface area contributed by atoms with E-state index in [2.05, 4.69) is 22.4 Å². The predicted octanol–water partition coefficient (Wildman–Crippen LogP) is 3.16. The number of anilines is 2. The molecule has 0 spiro atoms. The number of rotatable bonds is 3. The molecule has 0 bridgehead atoms. The van der Waals surface area contributed by atoms with Crippen molar-refractivity contribution in [3.8, 4) is 6.07 Å². The summed E-state index contributed by atoms with van der Waals surface area (Å²) >= 11 is 0. The van der Waals surface area contributed by atoms with Crippen LogP contribution in [0.3, 0.4) is 0 Å². The minimum absolute atomic E-state index is 0.174. The van der Waals surface area contributed by atoms with Gasteiger partial charge in [0.2, 0.25) is 11.8 Å². The molecule has 1 aromatic carbocycles. The van der Waals surface area contributed by atoms with Gasteiger partial charge in [0.05, 0.1) is 6.54 Å². The van der Waals surface area contributed by atoms with Crippen LogP contribution in [0.4, 0.5) is 11.6 Å². The largest absolute Gasteiger partial charge is 0.444 e. The second-order valence-corrected chi connectivity index (χ2v) is 5.80. The Balaban J connectivity index is 1.74. The average Bonchev–Trinajstić information content (AvgIpc) is 2.81. The summed E-state index contributed by atoms with van der Waals surface area (Å²) in [5.41, 5.74) is 3.55. The third kappa shape index (κ3) is 2.93. The molecule has 118 valence electrons. The van der Waals surface area contributed by atoms with Crippen molar-refractivity contribution < 1.29 is 9.21 Å². The molecule has 23 heavy (non-hydrogen) atoms. The smallest absolute Gasteiger partial charge is 0.246 e. The third-order valence-electron chi connectivity index (χ3n) is 4.29. The molecule has 0 atom stereocenters. The van der Waals surface area contributed by atoms with Gasteiger partial charge >= 0.3 is 0 Å². The van der Waals surface area contributed by atoms with Crippen molar-refractivity contribution in [2.75, 3.05) is 23.3 Å². The quantitative estimate of drug-likeness (QED) is 0.945. The normalized spacial score (nSPS) is 13.3. The maximum absolute atomic E-state index is 12.4. The molecule has 0 saturated heterocycles. The number of hydrogen-bond acceptors (Lipinski definition) is 4. The van der Waals surface area contributed by atoms with Gasteiger partial charge in [-0.15, -0.1) is 0 Å². The molecule has 5 nitrogen and oxygen atoms in total. The fourth-order valence-electron chi connectivity index (χ4n) is 2.96. The Hall–Kier alpha value is -2.74. The van der Waals surface area contributed by atoms with Gasteiger partial charge < -0.3 is 9.32 Å². The van der Waals surface area contributed by atoms with Crippen LogP contribution in [0.15, 0.2) is 28.7 Å². The SMILES string of the molecule is Cc1oc(NC(=O)CN2CCCc3ccccc32)c(C#N)c1C. The van der Waals surface area contributed by atoms with Gasteiger partial charge in [-0.3, -0.25) is 10.1 Å². The van der Waals surface area contributed by atoms with Crippen LogP contribution in [0.2, 0.25) is 0 Å². The number of fused-ring (bicyclic) bond motifs is 1. The van der Waals surface area contributed by atoms with Crippen LogP contribution in [-0.2, 0) is 11.2 Å². The number of aryl methyl sites for hydroxylation is 2. The lowest BCUT2D eigenvalue weighted by atomic mass is 10.0. The molecule has 5 heteroatoms. The molecule has 0 aliphatic carbocycles. The first kappa shape index (κ1) is 15.2. The number of carbonyl (C=O) groups excluding carboxylic acids is 1. The highest BCUT2D eigenvalue weighted by molar-refractivity contribution is 5.94. The number of nitriles is 1. The topological polar surface area (TPSA) is 69.3 Å². The van der Waals surface area contributed by atoms with E-state index in [1.54, 1.807) is 6.92 Å². The van der Waals surface area contributed by atoms with E-state index < -0.39 is 0 Å². The minimum Gasteiger partial charge on any atom is -0.444 e. The molecule has 1 amide bonds. The zero-order chi connectivity index (χ0) is 16.4. The monoisotopic (exact) mass is 309 g/mol. The molecule has 1 aromatic heterocycles. The van der Waals surface area contributed by atoms with Crippen LogP contribution in [0.5, 0.6) is 0 Å². The predicted molar refractivity (Wildman–Crippen MR) is 88.5 cm³/mol. The van der Waals surface area contributed by atoms with E-state index in [-0.39, 0.29) is 18.3 Å². The van der Waals surface area contributed by atoms with E-state index >= 15 is 0 Å². The van der Waals surface area contributed by atoms with E-state index in [4.69, 9.17) is 4.42 Å². The number of nitrogens with one attached hydrogen (secondary N) is 1. The van der Waals surface area contributed by atoms with Crippen LogP contribution in [-0.4, -0.2) is 19.0 Å². The summed E-state index contributed by atoms with van der Waals surface area (Å²) < 4.78 is 5.49. The van der Waals surface area contributed by atoms with Gasteiger partial charge in [-0.25, -0.2) is 0 Å². The van der Waals surface area contributed by atoms with E-state index in [0.717, 1.165) is 30.6 Å². The van der Waals surface area contributed by atoms with Crippen molar-refractivity contribution in [2.24, 2.45) is 0 Å². The van der Waals surface area contributed by atoms with Gasteiger partial charge in [0.1, 0.15) is 17.4 Å². The van der Waals surface area contributed by atoms with Crippen LogP contribution in [0.1, 0.15) is 28.9 Å². The number of hydrogen-bond donors (Lipinski definition) is 1. The Labute approximate surface area is 135 Å². The number of para-hydroxylation sites is 1. The second-order valence-electron chi connectivity index (χ2n) is 5.80. The Morgan fingerprint density at radius 1 is 1.39 bits per heavy atom. The number of benzene rings is 1. The molecular formula is C18H19N3O2. The molecule has 1 aliphatic rings. The molecular weight excluding hydrogens is 290 g/mol. The van der Waals surface area contributed by atoms with Crippen LogP contribution >= 0.6 is 0 Å². The van der Waals surface area contributed by atoms with Crippen molar-refractivity contribution in [2.45, 2.75) is 26.7 Å². The van der Waals surface area contributed by atoms with Crippen LogP contribution in [0, 0.1) is 25.2 Å². The Morgan fingerprint density at radius 3 is 2.96 bits per heavy atom. The number of nitrogens with zero attached hydrogens (tertiary/aromatic N) is 2. The minimum atomic E-state index is -0.174. The first-order chi connectivity index (χ1) is 11.1. The van der Waals surface area contributed by atoms with Gasteiger partial charge in [0, 0.05) is 17.8 Å². The lowest BCUT2D eigenvalue weighted by Crippen LogP contribution is -2.36. The number of carbonyl (C=O) groups is 1. The molecule has 1 N–H and O–H groups in total. The van der Waals surface area contributed by atoms with Gasteiger partial charge in [-0.1, -0.05) is 18.2 Å². The fraction of sp³-hybridized carbons (Fsp3) is 0.333. The zero-order valence-electron chi connectivity index (χ0n) is 13.3. The molecule has 2 aromatic rings. The lowest BCUT2D eigenvalue weighted by Gasteiger charge is -2.30. The molecule has 2 heterocycles. The van der Waals surface area contributed by atoms with E-state index in [1.165, 1.54) is 5.56 Å². The van der Waals surface area contributed by atoms with Crippen LogP contribution in [0.25, 0.3) is 0 Å². The maximum Gasteiger partial charge on any atom is 0.246 e. The Bertz CT molecular complexity index is 786. The van der Waals surface area contributed by atoms with Gasteiger partial charge in [-0.2, -0.15) is 5.26 Å². The molecule has 1 aliphatic heterocycles. The average molecular weight is 309 g/mol. The number of amides is 1.